The average Bonchev–Trinajstić information content (AvgIpc) is 2.67. The van der Waals surface area contributed by atoms with Crippen LogP contribution in [0.5, 0.6) is 11.5 Å². The number of anilines is 1. The quantitative estimate of drug-likeness (QED) is 0.883. The van der Waals surface area contributed by atoms with Crippen molar-refractivity contribution < 1.29 is 9.53 Å². The smallest absolute Gasteiger partial charge is 0.245 e. The Kier molecular flexibility index (Phi) is 2.85. The number of fused-ring (bicyclic) bond motifs is 1. The summed E-state index contributed by atoms with van der Waals surface area (Å²) in [6.45, 7) is 0. The molecule has 1 amide bonds. The molecule has 1 aliphatic heterocycles. The third-order valence-corrected chi connectivity index (χ3v) is 3.14. The summed E-state index contributed by atoms with van der Waals surface area (Å²) >= 11 is 6.13. The third-order valence-electron chi connectivity index (χ3n) is 2.84. The number of hydrogen-bond acceptors (Lipinski definition) is 4. The number of benzene rings is 1. The van der Waals surface area contributed by atoms with Crippen molar-refractivity contribution in [2.75, 3.05) is 5.32 Å². The Hall–Kier alpha value is -2.11. The number of hydrogen-bond donors (Lipinski definition) is 2. The van der Waals surface area contributed by atoms with Crippen molar-refractivity contribution in [3.63, 3.8) is 0 Å². The van der Waals surface area contributed by atoms with Crippen LogP contribution in [0.15, 0.2) is 36.7 Å². The molecule has 0 saturated heterocycles. The van der Waals surface area contributed by atoms with Crippen molar-refractivity contribution >= 4 is 23.2 Å². The second kappa shape index (κ2) is 4.53. The Morgan fingerprint density at radius 1 is 1.42 bits per heavy atom. The van der Waals surface area contributed by atoms with E-state index in [2.05, 4.69) is 10.3 Å². The summed E-state index contributed by atoms with van der Waals surface area (Å²) in [7, 11) is 0. The summed E-state index contributed by atoms with van der Waals surface area (Å²) in [6.07, 6.45) is 3.23. The Bertz CT molecular complexity index is 646. The lowest BCUT2D eigenvalue weighted by Gasteiger charge is -2.09. The molecule has 2 heterocycles. The first-order chi connectivity index (χ1) is 9.15. The minimum atomic E-state index is -0.681. The van der Waals surface area contributed by atoms with Gasteiger partial charge in [0.1, 0.15) is 17.5 Å². The predicted octanol–water partition coefficient (Wildman–Crippen LogP) is 2.48. The second-order valence-electron chi connectivity index (χ2n) is 4.13. The third kappa shape index (κ3) is 2.14. The van der Waals surface area contributed by atoms with E-state index in [1.165, 1.54) is 0 Å². The SMILES string of the molecule is NC1C(=O)Nc2cc(Oc3cccnc3)c(Cl)cc21. The van der Waals surface area contributed by atoms with Crippen molar-refractivity contribution in [1.82, 2.24) is 4.98 Å². The Labute approximate surface area is 114 Å². The molecule has 0 saturated carbocycles. The average molecular weight is 276 g/mol. The van der Waals surface area contributed by atoms with Crippen LogP contribution in [-0.4, -0.2) is 10.9 Å². The summed E-state index contributed by atoms with van der Waals surface area (Å²) < 4.78 is 5.62. The highest BCUT2D eigenvalue weighted by atomic mass is 35.5. The zero-order valence-corrected chi connectivity index (χ0v) is 10.5. The summed E-state index contributed by atoms with van der Waals surface area (Å²) in [5, 5.41) is 3.08. The molecule has 0 spiro atoms. The van der Waals surface area contributed by atoms with Crippen LogP contribution in [0.2, 0.25) is 5.02 Å². The molecule has 0 radical (unpaired) electrons. The largest absolute Gasteiger partial charge is 0.454 e. The normalized spacial score (nSPS) is 16.9. The summed E-state index contributed by atoms with van der Waals surface area (Å²) in [6, 6.07) is 6.15. The first kappa shape index (κ1) is 12.0. The molecule has 1 aliphatic rings. The molecule has 1 aromatic carbocycles. The molecular formula is C13H10ClN3O2. The second-order valence-corrected chi connectivity index (χ2v) is 4.53. The van der Waals surface area contributed by atoms with E-state index in [9.17, 15) is 4.79 Å². The van der Waals surface area contributed by atoms with Gasteiger partial charge in [0.2, 0.25) is 5.91 Å². The highest BCUT2D eigenvalue weighted by molar-refractivity contribution is 6.32. The summed E-state index contributed by atoms with van der Waals surface area (Å²) in [4.78, 5) is 15.4. The molecule has 19 heavy (non-hydrogen) atoms. The maximum Gasteiger partial charge on any atom is 0.245 e. The van der Waals surface area contributed by atoms with Gasteiger partial charge in [-0.05, 0) is 18.2 Å². The minimum Gasteiger partial charge on any atom is -0.454 e. The van der Waals surface area contributed by atoms with Gasteiger partial charge >= 0.3 is 0 Å². The molecule has 3 N–H and O–H groups in total. The number of carbonyl (C=O) groups excluding carboxylic acids is 1. The van der Waals surface area contributed by atoms with Gasteiger partial charge in [-0.15, -0.1) is 0 Å². The van der Waals surface area contributed by atoms with Gasteiger partial charge in [-0.25, -0.2) is 0 Å². The van der Waals surface area contributed by atoms with E-state index < -0.39 is 6.04 Å². The number of nitrogens with one attached hydrogen (secondary N) is 1. The minimum absolute atomic E-state index is 0.246. The zero-order valence-electron chi connectivity index (χ0n) is 9.76. The van der Waals surface area contributed by atoms with Crippen LogP contribution >= 0.6 is 11.6 Å². The van der Waals surface area contributed by atoms with E-state index in [0.717, 1.165) is 0 Å². The van der Waals surface area contributed by atoms with Gasteiger partial charge in [0.05, 0.1) is 11.2 Å². The van der Waals surface area contributed by atoms with Crippen LogP contribution in [0.1, 0.15) is 11.6 Å². The van der Waals surface area contributed by atoms with Crippen LogP contribution in [0.3, 0.4) is 0 Å². The van der Waals surface area contributed by atoms with Crippen LogP contribution in [0, 0.1) is 0 Å². The Balaban J connectivity index is 1.97. The van der Waals surface area contributed by atoms with E-state index in [4.69, 9.17) is 22.1 Å². The fraction of sp³-hybridized carbons (Fsp3) is 0.0769. The predicted molar refractivity (Wildman–Crippen MR) is 71.3 cm³/mol. The zero-order chi connectivity index (χ0) is 13.4. The van der Waals surface area contributed by atoms with Gasteiger partial charge in [-0.2, -0.15) is 0 Å². The van der Waals surface area contributed by atoms with Crippen molar-refractivity contribution in [1.29, 1.82) is 0 Å². The molecular weight excluding hydrogens is 266 g/mol. The molecule has 0 bridgehead atoms. The van der Waals surface area contributed by atoms with E-state index in [1.807, 2.05) is 0 Å². The monoisotopic (exact) mass is 275 g/mol. The summed E-state index contributed by atoms with van der Waals surface area (Å²) in [5.41, 5.74) is 7.04. The van der Waals surface area contributed by atoms with Crippen molar-refractivity contribution in [2.45, 2.75) is 6.04 Å². The van der Waals surface area contributed by atoms with E-state index in [0.29, 0.717) is 27.8 Å². The van der Waals surface area contributed by atoms with Crippen LogP contribution < -0.4 is 15.8 Å². The number of rotatable bonds is 2. The highest BCUT2D eigenvalue weighted by Gasteiger charge is 2.28. The molecule has 5 nitrogen and oxygen atoms in total. The van der Waals surface area contributed by atoms with E-state index in [-0.39, 0.29) is 5.91 Å². The molecule has 0 fully saturated rings. The lowest BCUT2D eigenvalue weighted by atomic mass is 10.1. The van der Waals surface area contributed by atoms with Crippen molar-refractivity contribution in [2.24, 2.45) is 5.73 Å². The Morgan fingerprint density at radius 3 is 3.00 bits per heavy atom. The van der Waals surface area contributed by atoms with Crippen LogP contribution in [0.4, 0.5) is 5.69 Å². The number of amides is 1. The van der Waals surface area contributed by atoms with Gasteiger partial charge in [-0.3, -0.25) is 9.78 Å². The number of aromatic nitrogens is 1. The van der Waals surface area contributed by atoms with Gasteiger partial charge < -0.3 is 15.8 Å². The highest BCUT2D eigenvalue weighted by Crippen LogP contribution is 2.39. The fourth-order valence-electron chi connectivity index (χ4n) is 1.90. The van der Waals surface area contributed by atoms with Gasteiger partial charge in [0, 0.05) is 23.5 Å². The molecule has 6 heteroatoms. The maximum atomic E-state index is 11.5. The number of halogens is 1. The first-order valence-corrected chi connectivity index (χ1v) is 6.01. The standard InChI is InChI=1S/C13H10ClN3O2/c14-9-4-8-10(17-13(18)12(8)15)5-11(9)19-7-2-1-3-16-6-7/h1-6,12H,15H2,(H,17,18). The lowest BCUT2D eigenvalue weighted by molar-refractivity contribution is -0.116. The number of pyridine rings is 1. The van der Waals surface area contributed by atoms with Crippen LogP contribution in [0.25, 0.3) is 0 Å². The van der Waals surface area contributed by atoms with Gasteiger partial charge in [-0.1, -0.05) is 11.6 Å². The van der Waals surface area contributed by atoms with Gasteiger partial charge in [0.25, 0.3) is 0 Å². The van der Waals surface area contributed by atoms with E-state index >= 15 is 0 Å². The molecule has 96 valence electrons. The van der Waals surface area contributed by atoms with Crippen molar-refractivity contribution in [3.8, 4) is 11.5 Å². The topological polar surface area (TPSA) is 77.2 Å². The summed E-state index contributed by atoms with van der Waals surface area (Å²) in [5.74, 6) is 0.769. The fourth-order valence-corrected chi connectivity index (χ4v) is 2.11. The lowest BCUT2D eigenvalue weighted by Crippen LogP contribution is -2.19. The Morgan fingerprint density at radius 2 is 2.26 bits per heavy atom. The molecule has 1 atom stereocenters. The molecule has 1 unspecified atom stereocenters. The molecule has 0 aliphatic carbocycles. The molecule has 1 aromatic heterocycles. The molecule has 3 rings (SSSR count). The number of ether oxygens (including phenoxy) is 1. The van der Waals surface area contributed by atoms with Crippen LogP contribution in [-0.2, 0) is 4.79 Å². The number of nitrogens with zero attached hydrogens (tertiary/aromatic N) is 1. The van der Waals surface area contributed by atoms with E-state index in [1.54, 1.807) is 36.7 Å². The van der Waals surface area contributed by atoms with Crippen molar-refractivity contribution in [3.05, 3.63) is 47.2 Å². The van der Waals surface area contributed by atoms with Gasteiger partial charge in [0.15, 0.2) is 0 Å². The number of nitrogens with two attached hydrogens (primary N) is 1. The molecule has 2 aromatic rings. The first-order valence-electron chi connectivity index (χ1n) is 5.63. The maximum absolute atomic E-state index is 11.5. The number of carbonyl (C=O) groups is 1.